The number of hydrogen-bond donors (Lipinski definition) is 1. The van der Waals surface area contributed by atoms with Crippen LogP contribution in [0.25, 0.3) is 0 Å². The summed E-state index contributed by atoms with van der Waals surface area (Å²) in [5, 5.41) is 0. The highest BCUT2D eigenvalue weighted by atomic mass is 16.5. The number of ether oxygens (including phenoxy) is 1. The zero-order valence-corrected chi connectivity index (χ0v) is 12.0. The van der Waals surface area contributed by atoms with Crippen LogP contribution in [-0.4, -0.2) is 17.2 Å². The normalized spacial score (nSPS) is 34.8. The fourth-order valence-corrected chi connectivity index (χ4v) is 4.05. The molecule has 2 unspecified atom stereocenters. The fourth-order valence-electron chi connectivity index (χ4n) is 4.05. The van der Waals surface area contributed by atoms with Gasteiger partial charge in [0.25, 0.3) is 0 Å². The van der Waals surface area contributed by atoms with Gasteiger partial charge < -0.3 is 10.5 Å². The van der Waals surface area contributed by atoms with Gasteiger partial charge >= 0.3 is 0 Å². The molecule has 2 N–H and O–H groups in total. The predicted octanol–water partition coefficient (Wildman–Crippen LogP) is 3.49. The minimum Gasteiger partial charge on any atom is -0.369 e. The Kier molecular flexibility index (Phi) is 3.57. The molecule has 100 valence electrons. The van der Waals surface area contributed by atoms with Crippen molar-refractivity contribution in [3.05, 3.63) is 0 Å². The summed E-state index contributed by atoms with van der Waals surface area (Å²) in [5.74, 6) is 1.24. The highest BCUT2D eigenvalue weighted by molar-refractivity contribution is 5.00. The van der Waals surface area contributed by atoms with Gasteiger partial charge in [-0.2, -0.15) is 0 Å². The SMILES string of the molecule is CC1(C)CC(C(N)C2CCCCC2)C(C)(C)O1. The number of rotatable bonds is 2. The molecule has 2 fully saturated rings. The minimum atomic E-state index is -0.0552. The van der Waals surface area contributed by atoms with Gasteiger partial charge in [-0.05, 0) is 52.9 Å². The van der Waals surface area contributed by atoms with Crippen molar-refractivity contribution in [2.75, 3.05) is 0 Å². The molecule has 0 spiro atoms. The van der Waals surface area contributed by atoms with Crippen LogP contribution in [0.2, 0.25) is 0 Å². The summed E-state index contributed by atoms with van der Waals surface area (Å²) in [6, 6.07) is 0.326. The quantitative estimate of drug-likeness (QED) is 0.800. The van der Waals surface area contributed by atoms with Crippen LogP contribution in [0, 0.1) is 11.8 Å². The van der Waals surface area contributed by atoms with Gasteiger partial charge in [-0.3, -0.25) is 0 Å². The lowest BCUT2D eigenvalue weighted by Crippen LogP contribution is -2.46. The van der Waals surface area contributed by atoms with E-state index in [1.54, 1.807) is 0 Å². The Morgan fingerprint density at radius 2 is 1.65 bits per heavy atom. The summed E-state index contributed by atoms with van der Waals surface area (Å²) in [7, 11) is 0. The van der Waals surface area contributed by atoms with E-state index >= 15 is 0 Å². The molecule has 2 aliphatic rings. The van der Waals surface area contributed by atoms with Gasteiger partial charge in [0.2, 0.25) is 0 Å². The maximum atomic E-state index is 6.57. The molecule has 17 heavy (non-hydrogen) atoms. The van der Waals surface area contributed by atoms with Crippen molar-refractivity contribution in [3.63, 3.8) is 0 Å². The second-order valence-corrected chi connectivity index (χ2v) is 7.25. The Morgan fingerprint density at radius 1 is 1.06 bits per heavy atom. The van der Waals surface area contributed by atoms with Crippen molar-refractivity contribution in [3.8, 4) is 0 Å². The average Bonchev–Trinajstić information content (AvgIpc) is 2.47. The van der Waals surface area contributed by atoms with Crippen molar-refractivity contribution < 1.29 is 4.74 Å². The Bertz CT molecular complexity index is 266. The summed E-state index contributed by atoms with van der Waals surface area (Å²) in [5.41, 5.74) is 6.52. The molecule has 0 aromatic rings. The summed E-state index contributed by atoms with van der Waals surface area (Å²) in [6.45, 7) is 8.83. The summed E-state index contributed by atoms with van der Waals surface area (Å²) >= 11 is 0. The van der Waals surface area contributed by atoms with Gasteiger partial charge in [-0.25, -0.2) is 0 Å². The van der Waals surface area contributed by atoms with Crippen LogP contribution >= 0.6 is 0 Å². The molecule has 2 rings (SSSR count). The van der Waals surface area contributed by atoms with Crippen LogP contribution < -0.4 is 5.73 Å². The van der Waals surface area contributed by atoms with Crippen molar-refractivity contribution in [2.24, 2.45) is 17.6 Å². The molecule has 1 aliphatic carbocycles. The lowest BCUT2D eigenvalue weighted by atomic mass is 9.73. The first-order chi connectivity index (χ1) is 7.82. The molecule has 1 saturated heterocycles. The van der Waals surface area contributed by atoms with E-state index < -0.39 is 0 Å². The summed E-state index contributed by atoms with van der Waals surface area (Å²) in [6.07, 6.45) is 7.91. The maximum absolute atomic E-state index is 6.57. The monoisotopic (exact) mass is 239 g/mol. The summed E-state index contributed by atoms with van der Waals surface area (Å²) < 4.78 is 6.18. The Balaban J connectivity index is 2.05. The number of nitrogens with two attached hydrogens (primary N) is 1. The van der Waals surface area contributed by atoms with E-state index in [1.165, 1.54) is 32.1 Å². The molecule has 0 amide bonds. The van der Waals surface area contributed by atoms with E-state index in [-0.39, 0.29) is 11.2 Å². The predicted molar refractivity (Wildman–Crippen MR) is 71.9 cm³/mol. The first-order valence-corrected chi connectivity index (χ1v) is 7.28. The van der Waals surface area contributed by atoms with Gasteiger partial charge in [0.05, 0.1) is 11.2 Å². The maximum Gasteiger partial charge on any atom is 0.0677 e. The van der Waals surface area contributed by atoms with E-state index in [0.717, 1.165) is 12.3 Å². The molecule has 2 heteroatoms. The van der Waals surface area contributed by atoms with Gasteiger partial charge in [0.15, 0.2) is 0 Å². The molecule has 0 radical (unpaired) electrons. The van der Waals surface area contributed by atoms with Crippen molar-refractivity contribution >= 4 is 0 Å². The zero-order valence-electron chi connectivity index (χ0n) is 12.0. The molecule has 2 nitrogen and oxygen atoms in total. The van der Waals surface area contributed by atoms with Crippen molar-refractivity contribution in [2.45, 2.75) is 83.5 Å². The molecule has 0 bridgehead atoms. The first-order valence-electron chi connectivity index (χ1n) is 7.28. The van der Waals surface area contributed by atoms with E-state index in [2.05, 4.69) is 27.7 Å². The molecule has 0 aromatic heterocycles. The van der Waals surface area contributed by atoms with E-state index in [1.807, 2.05) is 0 Å². The Hall–Kier alpha value is -0.0800. The topological polar surface area (TPSA) is 35.2 Å². The van der Waals surface area contributed by atoms with Gasteiger partial charge in [0, 0.05) is 12.0 Å². The van der Waals surface area contributed by atoms with Crippen LogP contribution in [0.5, 0.6) is 0 Å². The lowest BCUT2D eigenvalue weighted by molar-refractivity contribution is -0.0786. The van der Waals surface area contributed by atoms with Crippen LogP contribution in [-0.2, 0) is 4.74 Å². The second-order valence-electron chi connectivity index (χ2n) is 7.25. The minimum absolute atomic E-state index is 0.000450. The molecular weight excluding hydrogens is 210 g/mol. The van der Waals surface area contributed by atoms with Crippen molar-refractivity contribution in [1.29, 1.82) is 0 Å². The highest BCUT2D eigenvalue weighted by Gasteiger charge is 2.49. The smallest absolute Gasteiger partial charge is 0.0677 e. The van der Waals surface area contributed by atoms with Gasteiger partial charge in [0.1, 0.15) is 0 Å². The van der Waals surface area contributed by atoms with E-state index in [9.17, 15) is 0 Å². The Morgan fingerprint density at radius 3 is 2.12 bits per heavy atom. The van der Waals surface area contributed by atoms with Crippen LogP contribution in [0.4, 0.5) is 0 Å². The van der Waals surface area contributed by atoms with Crippen LogP contribution in [0.15, 0.2) is 0 Å². The third-order valence-corrected chi connectivity index (χ3v) is 4.80. The molecule has 0 aromatic carbocycles. The average molecular weight is 239 g/mol. The third kappa shape index (κ3) is 2.85. The molecule has 2 atom stereocenters. The third-order valence-electron chi connectivity index (χ3n) is 4.80. The lowest BCUT2D eigenvalue weighted by Gasteiger charge is -2.36. The Labute approximate surface area is 106 Å². The second kappa shape index (κ2) is 4.55. The fraction of sp³-hybridized carbons (Fsp3) is 1.00. The van der Waals surface area contributed by atoms with Crippen LogP contribution in [0.3, 0.4) is 0 Å². The van der Waals surface area contributed by atoms with Crippen molar-refractivity contribution in [1.82, 2.24) is 0 Å². The summed E-state index contributed by atoms with van der Waals surface area (Å²) in [4.78, 5) is 0. The zero-order chi connectivity index (χ0) is 12.7. The van der Waals surface area contributed by atoms with Gasteiger partial charge in [-0.1, -0.05) is 19.3 Å². The standard InChI is InChI=1S/C15H29NO/c1-14(2)10-12(15(3,4)17-14)13(16)11-8-6-5-7-9-11/h11-13H,5-10,16H2,1-4H3. The molecule has 1 aliphatic heterocycles. The van der Waals surface area contributed by atoms with Crippen LogP contribution in [0.1, 0.15) is 66.2 Å². The molecule has 1 saturated carbocycles. The van der Waals surface area contributed by atoms with E-state index in [0.29, 0.717) is 12.0 Å². The molecule has 1 heterocycles. The first kappa shape index (κ1) is 13.4. The number of hydrogen-bond acceptors (Lipinski definition) is 2. The van der Waals surface area contributed by atoms with Gasteiger partial charge in [-0.15, -0.1) is 0 Å². The largest absolute Gasteiger partial charge is 0.369 e. The highest BCUT2D eigenvalue weighted by Crippen LogP contribution is 2.45. The molecular formula is C15H29NO. The van der Waals surface area contributed by atoms with E-state index in [4.69, 9.17) is 10.5 Å².